The quantitative estimate of drug-likeness (QED) is 0.864. The van der Waals surface area contributed by atoms with Gasteiger partial charge in [-0.15, -0.1) is 11.3 Å². The lowest BCUT2D eigenvalue weighted by molar-refractivity contribution is -0.126. The van der Waals surface area contributed by atoms with Gasteiger partial charge in [0.15, 0.2) is 0 Å². The van der Waals surface area contributed by atoms with Crippen molar-refractivity contribution in [2.24, 2.45) is 0 Å². The second kappa shape index (κ2) is 6.70. The van der Waals surface area contributed by atoms with Crippen LogP contribution in [0.15, 0.2) is 17.5 Å². The van der Waals surface area contributed by atoms with E-state index in [1.807, 2.05) is 6.92 Å². The van der Waals surface area contributed by atoms with Crippen molar-refractivity contribution < 1.29 is 4.79 Å². The molecule has 1 amide bonds. The first-order valence-corrected chi connectivity index (χ1v) is 8.15. The Hall–Kier alpha value is -0.910. The minimum atomic E-state index is -0.0452. The van der Waals surface area contributed by atoms with E-state index >= 15 is 0 Å². The molecule has 2 heterocycles. The molecule has 1 atom stereocenters. The maximum atomic E-state index is 12.3. The van der Waals surface area contributed by atoms with Gasteiger partial charge in [-0.1, -0.05) is 19.9 Å². The number of amides is 1. The largest absolute Gasteiger partial charge is 0.354 e. The van der Waals surface area contributed by atoms with Gasteiger partial charge in [-0.3, -0.25) is 9.69 Å². The molecule has 0 saturated carbocycles. The zero-order valence-electron chi connectivity index (χ0n) is 12.6. The van der Waals surface area contributed by atoms with Crippen LogP contribution in [0, 0.1) is 0 Å². The number of nitrogens with one attached hydrogen (secondary N) is 2. The van der Waals surface area contributed by atoms with Crippen LogP contribution in [-0.2, 0) is 10.2 Å². The van der Waals surface area contributed by atoms with Gasteiger partial charge in [0.25, 0.3) is 0 Å². The Morgan fingerprint density at radius 1 is 1.50 bits per heavy atom. The Labute approximate surface area is 125 Å². The predicted octanol–water partition coefficient (Wildman–Crippen LogP) is 1.44. The number of hydrogen-bond donors (Lipinski definition) is 2. The Balaban J connectivity index is 1.85. The molecule has 2 rings (SSSR count). The fourth-order valence-corrected chi connectivity index (χ4v) is 3.29. The smallest absolute Gasteiger partial charge is 0.237 e. The lowest BCUT2D eigenvalue weighted by atomic mass is 9.91. The molecule has 4 nitrogen and oxygen atoms in total. The van der Waals surface area contributed by atoms with E-state index in [2.05, 4.69) is 46.9 Å². The van der Waals surface area contributed by atoms with Crippen LogP contribution >= 0.6 is 11.3 Å². The van der Waals surface area contributed by atoms with Crippen LogP contribution in [0.5, 0.6) is 0 Å². The molecule has 1 aromatic rings. The van der Waals surface area contributed by atoms with Crippen molar-refractivity contribution in [3.05, 3.63) is 22.4 Å². The molecule has 2 N–H and O–H groups in total. The van der Waals surface area contributed by atoms with E-state index in [1.165, 1.54) is 4.88 Å². The number of hydrogen-bond acceptors (Lipinski definition) is 4. The summed E-state index contributed by atoms with van der Waals surface area (Å²) in [5.41, 5.74) is -0.00694. The Bertz CT molecular complexity index is 424. The number of rotatable bonds is 5. The van der Waals surface area contributed by atoms with Gasteiger partial charge in [0, 0.05) is 43.0 Å². The van der Waals surface area contributed by atoms with Crippen LogP contribution in [0.25, 0.3) is 0 Å². The minimum absolute atomic E-state index is 0.00694. The number of carbonyl (C=O) groups is 1. The lowest BCUT2D eigenvalue weighted by Gasteiger charge is -2.33. The Kier molecular flexibility index (Phi) is 5.18. The molecule has 0 bridgehead atoms. The summed E-state index contributed by atoms with van der Waals surface area (Å²) in [6.45, 7) is 10.9. The molecule has 112 valence electrons. The molecule has 1 aromatic heterocycles. The molecule has 1 fully saturated rings. The third kappa shape index (κ3) is 3.81. The van der Waals surface area contributed by atoms with Crippen LogP contribution in [0.2, 0.25) is 0 Å². The normalized spacial score (nSPS) is 18.8. The summed E-state index contributed by atoms with van der Waals surface area (Å²) < 4.78 is 0. The van der Waals surface area contributed by atoms with Gasteiger partial charge in [0.05, 0.1) is 6.04 Å². The molecular formula is C15H25N3OS. The van der Waals surface area contributed by atoms with Crippen molar-refractivity contribution in [2.75, 3.05) is 32.7 Å². The monoisotopic (exact) mass is 295 g/mol. The summed E-state index contributed by atoms with van der Waals surface area (Å²) in [7, 11) is 0. The molecule has 1 saturated heterocycles. The molecule has 0 spiro atoms. The summed E-state index contributed by atoms with van der Waals surface area (Å²) >= 11 is 1.75. The van der Waals surface area contributed by atoms with Crippen molar-refractivity contribution in [1.29, 1.82) is 0 Å². The van der Waals surface area contributed by atoms with Crippen LogP contribution < -0.4 is 10.6 Å². The zero-order chi connectivity index (χ0) is 14.6. The van der Waals surface area contributed by atoms with Gasteiger partial charge in [-0.05, 0) is 18.4 Å². The summed E-state index contributed by atoms with van der Waals surface area (Å²) in [6, 6.07) is 4.15. The van der Waals surface area contributed by atoms with Crippen LogP contribution in [0.4, 0.5) is 0 Å². The van der Waals surface area contributed by atoms with Crippen LogP contribution in [0.3, 0.4) is 0 Å². The minimum Gasteiger partial charge on any atom is -0.354 e. The van der Waals surface area contributed by atoms with Crippen LogP contribution in [0.1, 0.15) is 25.6 Å². The molecule has 0 aromatic carbocycles. The second-order valence-electron chi connectivity index (χ2n) is 6.04. The van der Waals surface area contributed by atoms with E-state index in [9.17, 15) is 4.79 Å². The fourth-order valence-electron chi connectivity index (χ4n) is 2.44. The molecule has 0 radical (unpaired) electrons. The van der Waals surface area contributed by atoms with Gasteiger partial charge in [-0.25, -0.2) is 0 Å². The number of carbonyl (C=O) groups excluding carboxylic acids is 1. The predicted molar refractivity (Wildman–Crippen MR) is 84.3 cm³/mol. The molecule has 1 aliphatic rings. The maximum Gasteiger partial charge on any atom is 0.237 e. The summed E-state index contributed by atoms with van der Waals surface area (Å²) in [4.78, 5) is 15.8. The van der Waals surface area contributed by atoms with Crippen molar-refractivity contribution in [3.8, 4) is 0 Å². The molecule has 1 aliphatic heterocycles. The molecule has 0 aliphatic carbocycles. The van der Waals surface area contributed by atoms with E-state index in [-0.39, 0.29) is 17.4 Å². The number of piperazine rings is 1. The third-order valence-electron chi connectivity index (χ3n) is 3.97. The first kappa shape index (κ1) is 15.5. The highest BCUT2D eigenvalue weighted by molar-refractivity contribution is 7.10. The highest BCUT2D eigenvalue weighted by Gasteiger charge is 2.26. The lowest BCUT2D eigenvalue weighted by Crippen LogP contribution is -2.53. The van der Waals surface area contributed by atoms with E-state index in [0.717, 1.165) is 26.2 Å². The first-order valence-electron chi connectivity index (χ1n) is 7.27. The number of nitrogens with zero attached hydrogens (tertiary/aromatic N) is 1. The molecule has 5 heteroatoms. The van der Waals surface area contributed by atoms with Gasteiger partial charge in [0.2, 0.25) is 5.91 Å². The van der Waals surface area contributed by atoms with Gasteiger partial charge in [0.1, 0.15) is 0 Å². The van der Waals surface area contributed by atoms with Gasteiger partial charge < -0.3 is 10.6 Å². The summed E-state index contributed by atoms with van der Waals surface area (Å²) in [6.07, 6.45) is 0. The van der Waals surface area contributed by atoms with Crippen molar-refractivity contribution >= 4 is 17.2 Å². The first-order chi connectivity index (χ1) is 9.50. The van der Waals surface area contributed by atoms with E-state index < -0.39 is 0 Å². The fraction of sp³-hybridized carbons (Fsp3) is 0.667. The highest BCUT2D eigenvalue weighted by atomic mass is 32.1. The van der Waals surface area contributed by atoms with Crippen molar-refractivity contribution in [3.63, 3.8) is 0 Å². The van der Waals surface area contributed by atoms with Gasteiger partial charge >= 0.3 is 0 Å². The number of thiophene rings is 1. The SMILES string of the molecule is CC(C(=O)NCC(C)(C)c1cccs1)N1CCNCC1. The summed E-state index contributed by atoms with van der Waals surface area (Å²) in [5.74, 6) is 0.136. The second-order valence-corrected chi connectivity index (χ2v) is 6.99. The van der Waals surface area contributed by atoms with E-state index in [0.29, 0.717) is 6.54 Å². The average molecular weight is 295 g/mol. The van der Waals surface area contributed by atoms with E-state index in [1.54, 1.807) is 11.3 Å². The third-order valence-corrected chi connectivity index (χ3v) is 5.21. The molecular weight excluding hydrogens is 270 g/mol. The Morgan fingerprint density at radius 2 is 2.20 bits per heavy atom. The molecule has 1 unspecified atom stereocenters. The summed E-state index contributed by atoms with van der Waals surface area (Å²) in [5, 5.41) is 8.51. The van der Waals surface area contributed by atoms with Crippen LogP contribution in [-0.4, -0.2) is 49.6 Å². The van der Waals surface area contributed by atoms with Gasteiger partial charge in [-0.2, -0.15) is 0 Å². The highest BCUT2D eigenvalue weighted by Crippen LogP contribution is 2.26. The standard InChI is InChI=1S/C15H25N3OS/c1-12(18-8-6-16-7-9-18)14(19)17-11-15(2,3)13-5-4-10-20-13/h4-5,10,12,16H,6-9,11H2,1-3H3,(H,17,19). The Morgan fingerprint density at radius 3 is 2.80 bits per heavy atom. The topological polar surface area (TPSA) is 44.4 Å². The average Bonchev–Trinajstić information content (AvgIpc) is 3.00. The van der Waals surface area contributed by atoms with Crippen molar-refractivity contribution in [2.45, 2.75) is 32.2 Å². The molecule has 20 heavy (non-hydrogen) atoms. The van der Waals surface area contributed by atoms with E-state index in [4.69, 9.17) is 0 Å². The van der Waals surface area contributed by atoms with Crippen molar-refractivity contribution in [1.82, 2.24) is 15.5 Å². The zero-order valence-corrected chi connectivity index (χ0v) is 13.4. The maximum absolute atomic E-state index is 12.3.